The van der Waals surface area contributed by atoms with Crippen molar-refractivity contribution in [1.29, 1.82) is 5.26 Å². The molecule has 0 aliphatic heterocycles. The van der Waals surface area contributed by atoms with Crippen molar-refractivity contribution in [2.24, 2.45) is 0 Å². The van der Waals surface area contributed by atoms with Gasteiger partial charge < -0.3 is 5.32 Å². The second-order valence-electron chi connectivity index (χ2n) is 4.27. The molecule has 0 unspecified atom stereocenters. The third-order valence-electron chi connectivity index (χ3n) is 2.92. The van der Waals surface area contributed by atoms with Gasteiger partial charge >= 0.3 is 0 Å². The molecule has 1 fully saturated rings. The van der Waals surface area contributed by atoms with Crippen LogP contribution in [0.2, 0.25) is 0 Å². The molecule has 1 aliphatic carbocycles. The van der Waals surface area contributed by atoms with Gasteiger partial charge in [-0.05, 0) is 31.7 Å². The molecule has 1 saturated carbocycles. The molecule has 1 aromatic heterocycles. The highest BCUT2D eigenvalue weighted by molar-refractivity contribution is 7.99. The van der Waals surface area contributed by atoms with E-state index >= 15 is 0 Å². The number of aromatic nitrogens is 2. The summed E-state index contributed by atoms with van der Waals surface area (Å²) in [5, 5.41) is 12.6. The van der Waals surface area contributed by atoms with Gasteiger partial charge in [-0.15, -0.1) is 0 Å². The van der Waals surface area contributed by atoms with Crippen LogP contribution in [0, 0.1) is 11.3 Å². The molecule has 0 saturated heterocycles. The van der Waals surface area contributed by atoms with Crippen molar-refractivity contribution in [2.45, 2.75) is 36.4 Å². The fraction of sp³-hybridized carbons (Fsp3) is 0.500. The topological polar surface area (TPSA) is 78.7 Å². The van der Waals surface area contributed by atoms with Crippen LogP contribution in [0.4, 0.5) is 0 Å². The monoisotopic (exact) mass is 262 g/mol. The summed E-state index contributed by atoms with van der Waals surface area (Å²) in [6.45, 7) is 0. The van der Waals surface area contributed by atoms with Crippen LogP contribution in [0.1, 0.15) is 25.7 Å². The predicted molar refractivity (Wildman–Crippen MR) is 67.7 cm³/mol. The summed E-state index contributed by atoms with van der Waals surface area (Å²) in [5.41, 5.74) is -0.644. The highest BCUT2D eigenvalue weighted by Gasteiger charge is 2.35. The van der Waals surface area contributed by atoms with Crippen molar-refractivity contribution in [1.82, 2.24) is 15.3 Å². The average molecular weight is 262 g/mol. The summed E-state index contributed by atoms with van der Waals surface area (Å²) in [6.07, 6.45) is 6.79. The molecule has 94 valence electrons. The van der Waals surface area contributed by atoms with Crippen LogP contribution < -0.4 is 5.32 Å². The van der Waals surface area contributed by atoms with Crippen molar-refractivity contribution in [3.8, 4) is 6.07 Å². The minimum atomic E-state index is -0.644. The molecule has 0 bridgehead atoms. The van der Waals surface area contributed by atoms with Gasteiger partial charge in [-0.25, -0.2) is 9.97 Å². The standard InChI is InChI=1S/C12H14N4OS/c13-9-12(4-1-2-5-12)16-10(17)8-18-11-14-6-3-7-15-11/h3,6-7H,1-2,4-5,8H2,(H,16,17). The molecule has 1 aliphatic rings. The summed E-state index contributed by atoms with van der Waals surface area (Å²) in [5.74, 6) is 0.115. The molecule has 5 nitrogen and oxygen atoms in total. The van der Waals surface area contributed by atoms with Crippen molar-refractivity contribution in [3.63, 3.8) is 0 Å². The van der Waals surface area contributed by atoms with Crippen LogP contribution in [0.5, 0.6) is 0 Å². The number of hydrogen-bond acceptors (Lipinski definition) is 5. The number of nitrogens with one attached hydrogen (secondary N) is 1. The Labute approximate surface area is 110 Å². The zero-order chi connectivity index (χ0) is 12.8. The van der Waals surface area contributed by atoms with E-state index < -0.39 is 5.54 Å². The largest absolute Gasteiger partial charge is 0.337 e. The van der Waals surface area contributed by atoms with Gasteiger partial charge in [0, 0.05) is 12.4 Å². The maximum Gasteiger partial charge on any atom is 0.231 e. The molecule has 0 spiro atoms. The number of thioether (sulfide) groups is 1. The van der Waals surface area contributed by atoms with E-state index in [1.165, 1.54) is 11.8 Å². The Morgan fingerprint density at radius 1 is 1.44 bits per heavy atom. The maximum atomic E-state index is 11.8. The summed E-state index contributed by atoms with van der Waals surface area (Å²) in [6, 6.07) is 3.96. The Hall–Kier alpha value is -1.61. The zero-order valence-corrected chi connectivity index (χ0v) is 10.7. The van der Waals surface area contributed by atoms with E-state index in [1.807, 2.05) is 0 Å². The zero-order valence-electron chi connectivity index (χ0n) is 9.93. The van der Waals surface area contributed by atoms with Crippen molar-refractivity contribution < 1.29 is 4.79 Å². The van der Waals surface area contributed by atoms with Crippen LogP contribution >= 0.6 is 11.8 Å². The van der Waals surface area contributed by atoms with E-state index in [-0.39, 0.29) is 11.7 Å². The molecular formula is C12H14N4OS. The summed E-state index contributed by atoms with van der Waals surface area (Å²) in [7, 11) is 0. The maximum absolute atomic E-state index is 11.8. The Kier molecular flexibility index (Phi) is 4.15. The first kappa shape index (κ1) is 12.8. The van der Waals surface area contributed by atoms with Crippen LogP contribution in [0.15, 0.2) is 23.6 Å². The molecule has 2 rings (SSSR count). The molecule has 0 aromatic carbocycles. The first-order valence-electron chi connectivity index (χ1n) is 5.86. The molecule has 18 heavy (non-hydrogen) atoms. The van der Waals surface area contributed by atoms with Crippen LogP contribution in [0.25, 0.3) is 0 Å². The van der Waals surface area contributed by atoms with E-state index in [9.17, 15) is 4.79 Å². The van der Waals surface area contributed by atoms with Gasteiger partial charge in [-0.2, -0.15) is 5.26 Å². The molecule has 0 atom stereocenters. The van der Waals surface area contributed by atoms with E-state index in [4.69, 9.17) is 5.26 Å². The second kappa shape index (κ2) is 5.83. The van der Waals surface area contributed by atoms with E-state index in [1.54, 1.807) is 18.5 Å². The lowest BCUT2D eigenvalue weighted by molar-refractivity contribution is -0.119. The quantitative estimate of drug-likeness (QED) is 0.657. The van der Waals surface area contributed by atoms with Crippen LogP contribution in [-0.2, 0) is 4.79 Å². The SMILES string of the molecule is N#CC1(NC(=O)CSc2ncccn2)CCCC1. The van der Waals surface area contributed by atoms with Crippen molar-refractivity contribution in [3.05, 3.63) is 18.5 Å². The molecule has 1 N–H and O–H groups in total. The van der Waals surface area contributed by atoms with Gasteiger partial charge in [0.15, 0.2) is 5.16 Å². The van der Waals surface area contributed by atoms with Crippen LogP contribution in [0.3, 0.4) is 0 Å². The second-order valence-corrected chi connectivity index (χ2v) is 5.21. The molecule has 1 heterocycles. The molecule has 6 heteroatoms. The van der Waals surface area contributed by atoms with Gasteiger partial charge in [-0.1, -0.05) is 11.8 Å². The number of nitrogens with zero attached hydrogens (tertiary/aromatic N) is 3. The van der Waals surface area contributed by atoms with E-state index in [2.05, 4.69) is 21.4 Å². The number of amides is 1. The summed E-state index contributed by atoms with van der Waals surface area (Å²) >= 11 is 1.28. The third kappa shape index (κ3) is 3.20. The average Bonchev–Trinajstić information content (AvgIpc) is 2.87. The fourth-order valence-corrected chi connectivity index (χ4v) is 2.64. The summed E-state index contributed by atoms with van der Waals surface area (Å²) < 4.78 is 0. The highest BCUT2D eigenvalue weighted by Crippen LogP contribution is 2.29. The Bertz CT molecular complexity index is 451. The molecule has 0 radical (unpaired) electrons. The lowest BCUT2D eigenvalue weighted by atomic mass is 10.0. The number of carbonyl (C=O) groups excluding carboxylic acids is 1. The third-order valence-corrected chi connectivity index (χ3v) is 3.80. The molecule has 1 aromatic rings. The van der Waals surface area contributed by atoms with Crippen LogP contribution in [-0.4, -0.2) is 27.2 Å². The molecule has 1 amide bonds. The van der Waals surface area contributed by atoms with Crippen molar-refractivity contribution in [2.75, 3.05) is 5.75 Å². The lowest BCUT2D eigenvalue weighted by Gasteiger charge is -2.21. The van der Waals surface area contributed by atoms with Gasteiger partial charge in [-0.3, -0.25) is 4.79 Å². The summed E-state index contributed by atoms with van der Waals surface area (Å²) in [4.78, 5) is 19.9. The van der Waals surface area contributed by atoms with Gasteiger partial charge in [0.2, 0.25) is 5.91 Å². The van der Waals surface area contributed by atoms with E-state index in [0.29, 0.717) is 5.16 Å². The van der Waals surface area contributed by atoms with Gasteiger partial charge in [0.05, 0.1) is 11.8 Å². The molecular weight excluding hydrogens is 248 g/mol. The first-order chi connectivity index (χ1) is 8.74. The fourth-order valence-electron chi connectivity index (χ4n) is 2.04. The smallest absolute Gasteiger partial charge is 0.231 e. The van der Waals surface area contributed by atoms with E-state index in [0.717, 1.165) is 25.7 Å². The lowest BCUT2D eigenvalue weighted by Crippen LogP contribution is -2.45. The van der Waals surface area contributed by atoms with Gasteiger partial charge in [0.25, 0.3) is 0 Å². The first-order valence-corrected chi connectivity index (χ1v) is 6.85. The normalized spacial score (nSPS) is 17.1. The number of carbonyl (C=O) groups is 1. The predicted octanol–water partition coefficient (Wildman–Crippen LogP) is 1.52. The minimum Gasteiger partial charge on any atom is -0.337 e. The van der Waals surface area contributed by atoms with Crippen molar-refractivity contribution >= 4 is 17.7 Å². The Morgan fingerprint density at radius 2 is 2.11 bits per heavy atom. The number of nitriles is 1. The number of rotatable bonds is 4. The minimum absolute atomic E-state index is 0.129. The van der Waals surface area contributed by atoms with Gasteiger partial charge in [0.1, 0.15) is 5.54 Å². The highest BCUT2D eigenvalue weighted by atomic mass is 32.2. The number of hydrogen-bond donors (Lipinski definition) is 1. The Morgan fingerprint density at radius 3 is 2.72 bits per heavy atom. The Balaban J connectivity index is 1.84.